The van der Waals surface area contributed by atoms with Crippen LogP contribution in [0.4, 0.5) is 35.0 Å². The number of carboxylic acids is 1. The van der Waals surface area contributed by atoms with E-state index in [1.807, 2.05) is 0 Å². The molecule has 4 N–H and O–H groups in total. The molecule has 0 spiro atoms. The number of fused-ring (bicyclic) bond motifs is 1. The highest BCUT2D eigenvalue weighted by Gasteiger charge is 2.33. The van der Waals surface area contributed by atoms with Gasteiger partial charge in [-0.1, -0.05) is 29.8 Å². The molecule has 212 valence electrons. The number of nitrogens with one attached hydrogen (secondary N) is 3. The van der Waals surface area contributed by atoms with Crippen molar-refractivity contribution in [2.75, 3.05) is 16.0 Å². The Bertz CT molecular complexity index is 1820. The Balaban J connectivity index is 1.22. The van der Waals surface area contributed by atoms with Crippen LogP contribution in [0.25, 0.3) is 16.6 Å². The van der Waals surface area contributed by atoms with E-state index < -0.39 is 34.7 Å². The molecule has 0 aliphatic carbocycles. The van der Waals surface area contributed by atoms with Gasteiger partial charge in [0.25, 0.3) is 5.91 Å². The third-order valence-corrected chi connectivity index (χ3v) is 6.42. The maximum Gasteiger partial charge on any atom is 0.417 e. The molecular formula is C29H19ClF3N5O4. The van der Waals surface area contributed by atoms with Gasteiger partial charge in [0.1, 0.15) is 0 Å². The van der Waals surface area contributed by atoms with E-state index in [2.05, 4.69) is 21.0 Å². The molecular weight excluding hydrogens is 575 g/mol. The summed E-state index contributed by atoms with van der Waals surface area (Å²) in [5.74, 6) is -1.57. The first kappa shape index (κ1) is 28.2. The normalized spacial score (nSPS) is 11.2. The average Bonchev–Trinajstić information content (AvgIpc) is 3.34. The highest BCUT2D eigenvalue weighted by Crippen LogP contribution is 2.36. The topological polar surface area (TPSA) is 125 Å². The van der Waals surface area contributed by atoms with E-state index in [1.54, 1.807) is 48.5 Å². The fourth-order valence-electron chi connectivity index (χ4n) is 4.13. The lowest BCUT2D eigenvalue weighted by Crippen LogP contribution is -2.20. The van der Waals surface area contributed by atoms with E-state index in [4.69, 9.17) is 11.6 Å². The van der Waals surface area contributed by atoms with Gasteiger partial charge in [0.15, 0.2) is 5.69 Å². The zero-order chi connectivity index (χ0) is 30.0. The fourth-order valence-corrected chi connectivity index (χ4v) is 4.35. The summed E-state index contributed by atoms with van der Waals surface area (Å²) >= 11 is 5.60. The van der Waals surface area contributed by atoms with Crippen molar-refractivity contribution in [3.05, 3.63) is 113 Å². The van der Waals surface area contributed by atoms with Gasteiger partial charge in [-0.15, -0.1) is 0 Å². The number of para-hydroxylation sites is 1. The number of aromatic carboxylic acids is 1. The first-order valence-electron chi connectivity index (χ1n) is 12.2. The number of halogens is 4. The number of urea groups is 1. The standard InChI is InChI=1S/C29H19ClF3N5O4/c30-23-14-11-19(15-22(23)29(31,32)33)36-28(42)35-18-7-5-16(6-8-18)26(39)34-17-9-12-20(13-10-17)38-24-4-2-1-3-21(24)25(37-38)27(40)41/h1-15H,(H,34,39)(H,40,41)(H2,35,36,42). The number of carbonyl (C=O) groups excluding carboxylic acids is 2. The lowest BCUT2D eigenvalue weighted by atomic mass is 10.2. The van der Waals surface area contributed by atoms with E-state index in [0.717, 1.165) is 12.1 Å². The van der Waals surface area contributed by atoms with Gasteiger partial charge in [-0.05, 0) is 72.8 Å². The summed E-state index contributed by atoms with van der Waals surface area (Å²) in [5, 5.41) is 21.2. The smallest absolute Gasteiger partial charge is 0.417 e. The fraction of sp³-hybridized carbons (Fsp3) is 0.0345. The third-order valence-electron chi connectivity index (χ3n) is 6.09. The molecule has 0 saturated carbocycles. The molecule has 0 radical (unpaired) electrons. The molecule has 0 aliphatic rings. The first-order chi connectivity index (χ1) is 20.0. The number of rotatable bonds is 6. The number of nitrogens with zero attached hydrogens (tertiary/aromatic N) is 2. The molecule has 3 amide bonds. The molecule has 0 fully saturated rings. The monoisotopic (exact) mass is 593 g/mol. The summed E-state index contributed by atoms with van der Waals surface area (Å²) in [5.41, 5.74) is 1.02. The number of amides is 3. The number of aromatic nitrogens is 2. The minimum Gasteiger partial charge on any atom is -0.476 e. The van der Waals surface area contributed by atoms with Crippen LogP contribution in [0.2, 0.25) is 5.02 Å². The minimum atomic E-state index is -4.68. The van der Waals surface area contributed by atoms with Crippen molar-refractivity contribution in [3.8, 4) is 5.69 Å². The number of anilines is 3. The highest BCUT2D eigenvalue weighted by atomic mass is 35.5. The summed E-state index contributed by atoms with van der Waals surface area (Å²) in [4.78, 5) is 36.6. The van der Waals surface area contributed by atoms with Gasteiger partial charge in [-0.2, -0.15) is 18.3 Å². The molecule has 13 heteroatoms. The molecule has 5 aromatic rings. The van der Waals surface area contributed by atoms with Crippen molar-refractivity contribution in [1.29, 1.82) is 0 Å². The van der Waals surface area contributed by atoms with E-state index in [-0.39, 0.29) is 16.9 Å². The minimum absolute atomic E-state index is 0.0704. The second-order valence-corrected chi connectivity index (χ2v) is 9.34. The summed E-state index contributed by atoms with van der Waals surface area (Å²) in [6, 6.07) is 21.7. The van der Waals surface area contributed by atoms with E-state index in [1.165, 1.54) is 35.0 Å². The molecule has 0 atom stereocenters. The Hall–Kier alpha value is -5.36. The Morgan fingerprint density at radius 1 is 0.786 bits per heavy atom. The van der Waals surface area contributed by atoms with Crippen molar-refractivity contribution in [3.63, 3.8) is 0 Å². The Morgan fingerprint density at radius 3 is 2.05 bits per heavy atom. The largest absolute Gasteiger partial charge is 0.476 e. The van der Waals surface area contributed by atoms with Crippen LogP contribution < -0.4 is 16.0 Å². The SMILES string of the molecule is O=C(Nc1ccc(C(=O)Nc2ccc(-n3nc(C(=O)O)c4ccccc43)cc2)cc1)Nc1ccc(Cl)c(C(F)(F)F)c1. The van der Waals surface area contributed by atoms with Crippen LogP contribution in [0.1, 0.15) is 26.4 Å². The average molecular weight is 594 g/mol. The Kier molecular flexibility index (Phi) is 7.55. The molecule has 1 aromatic heterocycles. The van der Waals surface area contributed by atoms with Gasteiger partial charge in [-0.25, -0.2) is 14.3 Å². The van der Waals surface area contributed by atoms with Crippen LogP contribution in [0, 0.1) is 0 Å². The molecule has 1 heterocycles. The maximum absolute atomic E-state index is 13.1. The summed E-state index contributed by atoms with van der Waals surface area (Å²) in [6.07, 6.45) is -4.68. The predicted octanol–water partition coefficient (Wildman–Crippen LogP) is 7.29. The molecule has 5 rings (SSSR count). The first-order valence-corrected chi connectivity index (χ1v) is 12.5. The lowest BCUT2D eigenvalue weighted by Gasteiger charge is -2.12. The second kappa shape index (κ2) is 11.3. The summed E-state index contributed by atoms with van der Waals surface area (Å²) in [6.45, 7) is 0. The molecule has 0 bridgehead atoms. The van der Waals surface area contributed by atoms with E-state index in [9.17, 15) is 32.7 Å². The van der Waals surface area contributed by atoms with Gasteiger partial charge in [0.2, 0.25) is 0 Å². The van der Waals surface area contributed by atoms with Gasteiger partial charge in [-0.3, -0.25) is 4.79 Å². The number of hydrogen-bond acceptors (Lipinski definition) is 4. The van der Waals surface area contributed by atoms with Gasteiger partial charge < -0.3 is 21.1 Å². The third kappa shape index (κ3) is 6.03. The van der Waals surface area contributed by atoms with Crippen LogP contribution >= 0.6 is 11.6 Å². The molecule has 0 aliphatic heterocycles. The molecule has 4 aromatic carbocycles. The Labute approximate surface area is 240 Å². The van der Waals surface area contributed by atoms with Gasteiger partial charge >= 0.3 is 18.2 Å². The number of hydrogen-bond donors (Lipinski definition) is 4. The van der Waals surface area contributed by atoms with Crippen molar-refractivity contribution in [1.82, 2.24) is 9.78 Å². The van der Waals surface area contributed by atoms with E-state index in [0.29, 0.717) is 28.0 Å². The molecule has 9 nitrogen and oxygen atoms in total. The number of carboxylic acid groups (broad SMARTS) is 1. The Morgan fingerprint density at radius 2 is 1.38 bits per heavy atom. The molecule has 0 unspecified atom stereocenters. The van der Waals surface area contributed by atoms with Crippen molar-refractivity contribution < 1.29 is 32.7 Å². The van der Waals surface area contributed by atoms with Crippen molar-refractivity contribution in [2.24, 2.45) is 0 Å². The number of benzene rings is 4. The maximum atomic E-state index is 13.1. The van der Waals surface area contributed by atoms with Crippen LogP contribution in [-0.2, 0) is 6.18 Å². The van der Waals surface area contributed by atoms with Gasteiger partial charge in [0, 0.05) is 28.0 Å². The highest BCUT2D eigenvalue weighted by molar-refractivity contribution is 6.31. The zero-order valence-electron chi connectivity index (χ0n) is 21.2. The van der Waals surface area contributed by atoms with Crippen LogP contribution in [0.3, 0.4) is 0 Å². The van der Waals surface area contributed by atoms with Crippen molar-refractivity contribution in [2.45, 2.75) is 6.18 Å². The molecule has 42 heavy (non-hydrogen) atoms. The van der Waals surface area contributed by atoms with Crippen LogP contribution in [0.15, 0.2) is 91.0 Å². The zero-order valence-corrected chi connectivity index (χ0v) is 22.0. The lowest BCUT2D eigenvalue weighted by molar-refractivity contribution is -0.137. The summed E-state index contributed by atoms with van der Waals surface area (Å²) < 4.78 is 40.7. The van der Waals surface area contributed by atoms with Gasteiger partial charge in [0.05, 0.1) is 21.8 Å². The van der Waals surface area contributed by atoms with Crippen LogP contribution in [-0.4, -0.2) is 32.8 Å². The molecule has 0 saturated heterocycles. The summed E-state index contributed by atoms with van der Waals surface area (Å²) in [7, 11) is 0. The quantitative estimate of drug-likeness (QED) is 0.164. The number of carbonyl (C=O) groups is 3. The van der Waals surface area contributed by atoms with Crippen LogP contribution in [0.5, 0.6) is 0 Å². The van der Waals surface area contributed by atoms with Crippen molar-refractivity contribution >= 4 is 57.5 Å². The predicted molar refractivity (Wildman–Crippen MR) is 152 cm³/mol. The number of alkyl halides is 3. The van der Waals surface area contributed by atoms with E-state index >= 15 is 0 Å². The second-order valence-electron chi connectivity index (χ2n) is 8.93.